The minimum atomic E-state index is -3.52. The second-order valence-corrected chi connectivity index (χ2v) is 8.03. The van der Waals surface area contributed by atoms with Gasteiger partial charge in [-0.2, -0.15) is 0 Å². The molecular weight excluding hydrogens is 352 g/mol. The third-order valence-electron chi connectivity index (χ3n) is 3.78. The van der Waals surface area contributed by atoms with Crippen LogP contribution in [0.1, 0.15) is 37.7 Å². The van der Waals surface area contributed by atoms with Gasteiger partial charge in [0.2, 0.25) is 10.0 Å². The van der Waals surface area contributed by atoms with E-state index in [4.69, 9.17) is 5.73 Å². The summed E-state index contributed by atoms with van der Waals surface area (Å²) >= 11 is 3.29. The number of sulfonamides is 1. The topological polar surface area (TPSA) is 72.2 Å². The summed E-state index contributed by atoms with van der Waals surface area (Å²) in [5, 5.41) is 0. The van der Waals surface area contributed by atoms with Crippen LogP contribution >= 0.6 is 15.9 Å². The standard InChI is InChI=1S/C15H21BrN2O2S/c1-11-14(17)9-13(16)10-15(11)21(19,20)18-8-7-12-5-3-2-4-6-12/h5,9-10,18H,2-4,6-8,17H2,1H3. The third kappa shape index (κ3) is 4.31. The predicted octanol–water partition coefficient (Wildman–Crippen LogP) is 3.51. The Morgan fingerprint density at radius 2 is 2.10 bits per heavy atom. The molecule has 0 saturated carbocycles. The predicted molar refractivity (Wildman–Crippen MR) is 89.6 cm³/mol. The maximum absolute atomic E-state index is 12.4. The van der Waals surface area contributed by atoms with Gasteiger partial charge in [0.05, 0.1) is 4.90 Å². The molecule has 1 aromatic carbocycles. The zero-order valence-corrected chi connectivity index (χ0v) is 14.6. The van der Waals surface area contributed by atoms with Gasteiger partial charge in [0.1, 0.15) is 0 Å². The van der Waals surface area contributed by atoms with Crippen LogP contribution < -0.4 is 10.5 Å². The Bertz CT molecular complexity index is 654. The largest absolute Gasteiger partial charge is 0.398 e. The number of allylic oxidation sites excluding steroid dienone is 1. The summed E-state index contributed by atoms with van der Waals surface area (Å²) in [6.45, 7) is 2.15. The first kappa shape index (κ1) is 16.5. The van der Waals surface area contributed by atoms with Crippen molar-refractivity contribution in [3.63, 3.8) is 0 Å². The Hall–Kier alpha value is -0.850. The van der Waals surface area contributed by atoms with E-state index in [1.165, 1.54) is 18.4 Å². The summed E-state index contributed by atoms with van der Waals surface area (Å²) < 4.78 is 28.1. The molecule has 0 fully saturated rings. The Labute approximate surface area is 135 Å². The lowest BCUT2D eigenvalue weighted by atomic mass is 9.97. The quantitative estimate of drug-likeness (QED) is 0.613. The van der Waals surface area contributed by atoms with Gasteiger partial charge in [-0.3, -0.25) is 0 Å². The number of nitrogen functional groups attached to an aromatic ring is 1. The van der Waals surface area contributed by atoms with E-state index < -0.39 is 10.0 Å². The highest BCUT2D eigenvalue weighted by Crippen LogP contribution is 2.26. The van der Waals surface area contributed by atoms with E-state index in [2.05, 4.69) is 26.7 Å². The van der Waals surface area contributed by atoms with E-state index in [0.717, 1.165) is 19.3 Å². The molecule has 2 rings (SSSR count). The van der Waals surface area contributed by atoms with Crippen LogP contribution in [0, 0.1) is 6.92 Å². The second-order valence-electron chi connectivity index (χ2n) is 5.37. The van der Waals surface area contributed by atoms with Crippen molar-refractivity contribution in [2.45, 2.75) is 43.9 Å². The van der Waals surface area contributed by atoms with Crippen molar-refractivity contribution in [2.24, 2.45) is 0 Å². The molecule has 1 aromatic rings. The average Bonchev–Trinajstić information content (AvgIpc) is 2.43. The first-order chi connectivity index (χ1) is 9.90. The monoisotopic (exact) mass is 372 g/mol. The van der Waals surface area contributed by atoms with Crippen LogP contribution in [0.2, 0.25) is 0 Å². The molecule has 0 aromatic heterocycles. The molecule has 0 atom stereocenters. The molecule has 1 aliphatic rings. The summed E-state index contributed by atoms with van der Waals surface area (Å²) in [5.41, 5.74) is 8.25. The molecule has 0 saturated heterocycles. The molecule has 21 heavy (non-hydrogen) atoms. The molecule has 0 spiro atoms. The minimum Gasteiger partial charge on any atom is -0.398 e. The molecular formula is C15H21BrN2O2S. The number of nitrogens with two attached hydrogens (primary N) is 1. The van der Waals surface area contributed by atoms with E-state index in [1.54, 1.807) is 19.1 Å². The molecule has 0 radical (unpaired) electrons. The van der Waals surface area contributed by atoms with Gasteiger partial charge in [-0.1, -0.05) is 27.6 Å². The van der Waals surface area contributed by atoms with Crippen LogP contribution in [0.15, 0.2) is 33.2 Å². The van der Waals surface area contributed by atoms with E-state index in [-0.39, 0.29) is 4.90 Å². The van der Waals surface area contributed by atoms with Crippen molar-refractivity contribution >= 4 is 31.6 Å². The van der Waals surface area contributed by atoms with E-state index in [0.29, 0.717) is 22.3 Å². The van der Waals surface area contributed by atoms with Crippen molar-refractivity contribution in [3.8, 4) is 0 Å². The normalized spacial score (nSPS) is 15.8. The highest BCUT2D eigenvalue weighted by molar-refractivity contribution is 9.10. The van der Waals surface area contributed by atoms with Crippen LogP contribution in [0.5, 0.6) is 0 Å². The Balaban J connectivity index is 2.06. The fourth-order valence-electron chi connectivity index (χ4n) is 2.51. The van der Waals surface area contributed by atoms with Gasteiger partial charge in [-0.15, -0.1) is 0 Å². The first-order valence-electron chi connectivity index (χ1n) is 7.13. The van der Waals surface area contributed by atoms with Crippen LogP contribution in [0.25, 0.3) is 0 Å². The van der Waals surface area contributed by atoms with E-state index in [1.807, 2.05) is 0 Å². The molecule has 116 valence electrons. The van der Waals surface area contributed by atoms with E-state index in [9.17, 15) is 8.42 Å². The molecule has 4 nitrogen and oxygen atoms in total. The number of nitrogens with one attached hydrogen (secondary N) is 1. The SMILES string of the molecule is Cc1c(N)cc(Br)cc1S(=O)(=O)NCCC1=CCCCC1. The summed E-state index contributed by atoms with van der Waals surface area (Å²) in [6, 6.07) is 3.30. The fourth-order valence-corrected chi connectivity index (χ4v) is 4.47. The molecule has 0 bridgehead atoms. The third-order valence-corrected chi connectivity index (χ3v) is 5.82. The molecule has 0 heterocycles. The number of halogens is 1. The van der Waals surface area contributed by atoms with E-state index >= 15 is 0 Å². The van der Waals surface area contributed by atoms with Gasteiger partial charge in [-0.25, -0.2) is 13.1 Å². The summed E-state index contributed by atoms with van der Waals surface area (Å²) in [5.74, 6) is 0. The molecule has 6 heteroatoms. The lowest BCUT2D eigenvalue weighted by Gasteiger charge is -2.14. The van der Waals surface area contributed by atoms with Gasteiger partial charge < -0.3 is 5.73 Å². The van der Waals surface area contributed by atoms with Crippen LogP contribution in [-0.4, -0.2) is 15.0 Å². The van der Waals surface area contributed by atoms with Crippen molar-refractivity contribution in [1.29, 1.82) is 0 Å². The van der Waals surface area contributed by atoms with Crippen LogP contribution in [0.4, 0.5) is 5.69 Å². The van der Waals surface area contributed by atoms with Crippen molar-refractivity contribution in [2.75, 3.05) is 12.3 Å². The second kappa shape index (κ2) is 6.94. The number of benzene rings is 1. The lowest BCUT2D eigenvalue weighted by molar-refractivity contribution is 0.579. The summed E-state index contributed by atoms with van der Waals surface area (Å²) in [4.78, 5) is 0.243. The number of hydrogen-bond acceptors (Lipinski definition) is 3. The van der Waals surface area contributed by atoms with Crippen molar-refractivity contribution in [3.05, 3.63) is 33.8 Å². The Morgan fingerprint density at radius 1 is 1.33 bits per heavy atom. The molecule has 3 N–H and O–H groups in total. The zero-order valence-electron chi connectivity index (χ0n) is 12.2. The molecule has 0 amide bonds. The summed E-state index contributed by atoms with van der Waals surface area (Å²) in [6.07, 6.45) is 7.67. The molecule has 0 unspecified atom stereocenters. The van der Waals surface area contributed by atoms with Gasteiger partial charge in [0, 0.05) is 16.7 Å². The van der Waals surface area contributed by atoms with Gasteiger partial charge in [0.25, 0.3) is 0 Å². The Kier molecular flexibility index (Phi) is 5.46. The summed E-state index contributed by atoms with van der Waals surface area (Å²) in [7, 11) is -3.52. The van der Waals surface area contributed by atoms with Crippen LogP contribution in [0.3, 0.4) is 0 Å². The number of hydrogen-bond donors (Lipinski definition) is 2. The van der Waals surface area contributed by atoms with Gasteiger partial charge in [-0.05, 0) is 56.7 Å². The highest BCUT2D eigenvalue weighted by atomic mass is 79.9. The molecule has 0 aliphatic heterocycles. The molecule has 1 aliphatic carbocycles. The minimum absolute atomic E-state index is 0.243. The van der Waals surface area contributed by atoms with Gasteiger partial charge >= 0.3 is 0 Å². The average molecular weight is 373 g/mol. The van der Waals surface area contributed by atoms with Crippen molar-refractivity contribution in [1.82, 2.24) is 4.72 Å². The lowest BCUT2D eigenvalue weighted by Crippen LogP contribution is -2.26. The fraction of sp³-hybridized carbons (Fsp3) is 0.467. The maximum Gasteiger partial charge on any atom is 0.240 e. The zero-order chi connectivity index (χ0) is 15.5. The number of rotatable bonds is 5. The van der Waals surface area contributed by atoms with Gasteiger partial charge in [0.15, 0.2) is 0 Å². The maximum atomic E-state index is 12.4. The highest BCUT2D eigenvalue weighted by Gasteiger charge is 2.18. The van der Waals surface area contributed by atoms with Crippen LogP contribution in [-0.2, 0) is 10.0 Å². The number of anilines is 1. The first-order valence-corrected chi connectivity index (χ1v) is 9.41. The Morgan fingerprint density at radius 3 is 2.76 bits per heavy atom. The van der Waals surface area contributed by atoms with Crippen molar-refractivity contribution < 1.29 is 8.42 Å². The smallest absolute Gasteiger partial charge is 0.240 e.